The average Bonchev–Trinajstić information content (AvgIpc) is 2.41. The van der Waals surface area contributed by atoms with E-state index in [4.69, 9.17) is 10.9 Å². The van der Waals surface area contributed by atoms with Gasteiger partial charge in [0, 0.05) is 15.4 Å². The van der Waals surface area contributed by atoms with Crippen molar-refractivity contribution in [2.24, 2.45) is 10.9 Å². The zero-order valence-corrected chi connectivity index (χ0v) is 11.7. The molecule has 0 aliphatic carbocycles. The molecule has 0 atom stereocenters. The Bertz CT molecular complexity index is 623. The minimum absolute atomic E-state index is 0.143. The van der Waals surface area contributed by atoms with Crippen molar-refractivity contribution in [3.05, 3.63) is 59.2 Å². The van der Waals surface area contributed by atoms with Crippen molar-refractivity contribution < 1.29 is 5.21 Å². The van der Waals surface area contributed by atoms with Gasteiger partial charge in [0.15, 0.2) is 5.84 Å². The van der Waals surface area contributed by atoms with Gasteiger partial charge < -0.3 is 10.9 Å². The molecule has 0 fully saturated rings. The number of aryl methyl sites for hydroxylation is 2. The Labute approximate surface area is 117 Å². The quantitative estimate of drug-likeness (QED) is 0.389. The van der Waals surface area contributed by atoms with Crippen LogP contribution in [0.3, 0.4) is 0 Å². The van der Waals surface area contributed by atoms with E-state index in [-0.39, 0.29) is 5.84 Å². The van der Waals surface area contributed by atoms with Gasteiger partial charge in [-0.15, -0.1) is 0 Å². The van der Waals surface area contributed by atoms with Gasteiger partial charge in [-0.1, -0.05) is 35.1 Å². The predicted molar refractivity (Wildman–Crippen MR) is 79.0 cm³/mol. The summed E-state index contributed by atoms with van der Waals surface area (Å²) in [7, 11) is 0. The van der Waals surface area contributed by atoms with Crippen LogP contribution in [0.5, 0.6) is 0 Å². The van der Waals surface area contributed by atoms with Crippen molar-refractivity contribution in [2.45, 2.75) is 23.6 Å². The lowest BCUT2D eigenvalue weighted by atomic mass is 10.1. The fraction of sp³-hybridized carbons (Fsp3) is 0.133. The Hall–Kier alpha value is -1.94. The molecule has 3 N–H and O–H groups in total. The van der Waals surface area contributed by atoms with Crippen molar-refractivity contribution in [3.63, 3.8) is 0 Å². The number of oxime groups is 1. The van der Waals surface area contributed by atoms with E-state index in [2.05, 4.69) is 24.2 Å². The molecule has 98 valence electrons. The van der Waals surface area contributed by atoms with E-state index in [1.165, 1.54) is 10.5 Å². The molecule has 0 amide bonds. The number of nitrogens with zero attached hydrogens (tertiary/aromatic N) is 1. The first-order valence-corrected chi connectivity index (χ1v) is 6.75. The molecule has 0 saturated heterocycles. The molecule has 2 aromatic rings. The lowest BCUT2D eigenvalue weighted by Gasteiger charge is -2.08. The first-order valence-electron chi connectivity index (χ1n) is 5.94. The Morgan fingerprint density at radius 2 is 1.84 bits per heavy atom. The average molecular weight is 272 g/mol. The second-order valence-electron chi connectivity index (χ2n) is 4.33. The van der Waals surface area contributed by atoms with E-state index in [1.54, 1.807) is 11.8 Å². The Balaban J connectivity index is 2.29. The van der Waals surface area contributed by atoms with Crippen LogP contribution in [0.2, 0.25) is 0 Å². The first kappa shape index (κ1) is 13.5. The highest BCUT2D eigenvalue weighted by atomic mass is 32.2. The minimum Gasteiger partial charge on any atom is -0.409 e. The number of nitrogens with two attached hydrogens (primary N) is 1. The number of hydrogen-bond acceptors (Lipinski definition) is 3. The van der Waals surface area contributed by atoms with Gasteiger partial charge in [-0.2, -0.15) is 0 Å². The zero-order chi connectivity index (χ0) is 13.8. The summed E-state index contributed by atoms with van der Waals surface area (Å²) in [6.07, 6.45) is 0. The third-order valence-electron chi connectivity index (χ3n) is 2.90. The molecule has 0 spiro atoms. The maximum absolute atomic E-state index is 8.71. The second kappa shape index (κ2) is 5.80. The van der Waals surface area contributed by atoms with Crippen molar-refractivity contribution in [3.8, 4) is 0 Å². The zero-order valence-electron chi connectivity index (χ0n) is 10.9. The Kier molecular flexibility index (Phi) is 4.12. The maximum atomic E-state index is 8.71. The van der Waals surface area contributed by atoms with E-state index >= 15 is 0 Å². The fourth-order valence-electron chi connectivity index (χ4n) is 1.84. The van der Waals surface area contributed by atoms with Gasteiger partial charge in [0.2, 0.25) is 0 Å². The molecule has 0 saturated carbocycles. The third kappa shape index (κ3) is 3.09. The van der Waals surface area contributed by atoms with E-state index in [0.29, 0.717) is 0 Å². The lowest BCUT2D eigenvalue weighted by molar-refractivity contribution is 0.318. The number of benzene rings is 2. The largest absolute Gasteiger partial charge is 0.409 e. The summed E-state index contributed by atoms with van der Waals surface area (Å²) in [5, 5.41) is 11.7. The van der Waals surface area contributed by atoms with Crippen LogP contribution in [-0.4, -0.2) is 11.0 Å². The van der Waals surface area contributed by atoms with Crippen molar-refractivity contribution in [1.82, 2.24) is 0 Å². The van der Waals surface area contributed by atoms with Crippen LogP contribution in [0.4, 0.5) is 0 Å². The van der Waals surface area contributed by atoms with Gasteiger partial charge in [-0.05, 0) is 49.2 Å². The van der Waals surface area contributed by atoms with Gasteiger partial charge in [0.1, 0.15) is 0 Å². The maximum Gasteiger partial charge on any atom is 0.170 e. The molecular weight excluding hydrogens is 256 g/mol. The molecule has 0 aliphatic rings. The number of amidine groups is 1. The normalized spacial score (nSPS) is 11.6. The van der Waals surface area contributed by atoms with Crippen LogP contribution < -0.4 is 5.73 Å². The summed E-state index contributed by atoms with van der Waals surface area (Å²) in [4.78, 5) is 2.37. The minimum atomic E-state index is 0.143. The van der Waals surface area contributed by atoms with Crippen LogP contribution >= 0.6 is 11.8 Å². The van der Waals surface area contributed by atoms with E-state index in [0.717, 1.165) is 16.0 Å². The molecule has 0 unspecified atom stereocenters. The molecule has 0 aromatic heterocycles. The number of hydrogen-bond donors (Lipinski definition) is 2. The third-order valence-corrected chi connectivity index (χ3v) is 4.07. The van der Waals surface area contributed by atoms with Crippen LogP contribution in [0.15, 0.2) is 57.4 Å². The topological polar surface area (TPSA) is 58.6 Å². The smallest absolute Gasteiger partial charge is 0.170 e. The van der Waals surface area contributed by atoms with Crippen LogP contribution in [0, 0.1) is 13.8 Å². The molecule has 19 heavy (non-hydrogen) atoms. The van der Waals surface area contributed by atoms with E-state index < -0.39 is 0 Å². The lowest BCUT2D eigenvalue weighted by Crippen LogP contribution is -2.14. The molecule has 0 aliphatic heterocycles. The Morgan fingerprint density at radius 3 is 2.47 bits per heavy atom. The van der Waals surface area contributed by atoms with Gasteiger partial charge in [-0.25, -0.2) is 0 Å². The Morgan fingerprint density at radius 1 is 1.11 bits per heavy atom. The highest BCUT2D eigenvalue weighted by Crippen LogP contribution is 2.31. The predicted octanol–water partition coefficient (Wildman–Crippen LogP) is 3.55. The fourth-order valence-corrected chi connectivity index (χ4v) is 2.84. The standard InChI is InChI=1S/C15H16N2OS/c1-10-5-3-4-6-14(10)19-12-7-8-13(11(2)9-12)15(16)17-18/h3-9,18H,1-2H3,(H2,16,17). The number of rotatable bonds is 3. The van der Waals surface area contributed by atoms with Gasteiger partial charge in [0.05, 0.1) is 0 Å². The van der Waals surface area contributed by atoms with Gasteiger partial charge in [0.25, 0.3) is 0 Å². The monoisotopic (exact) mass is 272 g/mol. The summed E-state index contributed by atoms with van der Waals surface area (Å²) < 4.78 is 0. The molecule has 2 rings (SSSR count). The molecule has 0 radical (unpaired) electrons. The highest BCUT2D eigenvalue weighted by molar-refractivity contribution is 7.99. The first-order chi connectivity index (χ1) is 9.11. The van der Waals surface area contributed by atoms with Crippen molar-refractivity contribution >= 4 is 17.6 Å². The second-order valence-corrected chi connectivity index (χ2v) is 5.44. The highest BCUT2D eigenvalue weighted by Gasteiger charge is 2.06. The van der Waals surface area contributed by atoms with E-state index in [1.807, 2.05) is 37.3 Å². The summed E-state index contributed by atoms with van der Waals surface area (Å²) in [5.74, 6) is 0.143. The SMILES string of the molecule is Cc1ccccc1Sc1ccc(/C(N)=N/O)c(C)c1. The summed E-state index contributed by atoms with van der Waals surface area (Å²) >= 11 is 1.71. The van der Waals surface area contributed by atoms with E-state index in [9.17, 15) is 0 Å². The van der Waals surface area contributed by atoms with Gasteiger partial charge in [-0.3, -0.25) is 0 Å². The molecule has 0 bridgehead atoms. The summed E-state index contributed by atoms with van der Waals surface area (Å²) in [6.45, 7) is 4.05. The summed E-state index contributed by atoms with van der Waals surface area (Å²) in [6, 6.07) is 14.2. The van der Waals surface area contributed by atoms with Gasteiger partial charge >= 0.3 is 0 Å². The van der Waals surface area contributed by atoms with Crippen LogP contribution in [-0.2, 0) is 0 Å². The van der Waals surface area contributed by atoms with Crippen molar-refractivity contribution in [1.29, 1.82) is 0 Å². The molecule has 4 heteroatoms. The molecule has 2 aromatic carbocycles. The molecular formula is C15H16N2OS. The molecule has 3 nitrogen and oxygen atoms in total. The molecule has 0 heterocycles. The summed E-state index contributed by atoms with van der Waals surface area (Å²) in [5.41, 5.74) is 8.63. The van der Waals surface area contributed by atoms with Crippen LogP contribution in [0.1, 0.15) is 16.7 Å². The van der Waals surface area contributed by atoms with Crippen molar-refractivity contribution in [2.75, 3.05) is 0 Å². The van der Waals surface area contributed by atoms with Crippen LogP contribution in [0.25, 0.3) is 0 Å².